The second kappa shape index (κ2) is 5.32. The highest BCUT2D eigenvalue weighted by Crippen LogP contribution is 2.15. The number of rotatable bonds is 4. The summed E-state index contributed by atoms with van der Waals surface area (Å²) in [6, 6.07) is 0. The average molecular weight is 212 g/mol. The molecule has 3 nitrogen and oxygen atoms in total. The van der Waals surface area contributed by atoms with Crippen LogP contribution in [0.5, 0.6) is 0 Å². The van der Waals surface area contributed by atoms with Crippen LogP contribution in [0.15, 0.2) is 6.20 Å². The third kappa shape index (κ3) is 2.96. The lowest BCUT2D eigenvalue weighted by Gasteiger charge is -2.08. The molecule has 0 radical (unpaired) electrons. The molecule has 0 saturated carbocycles. The molecule has 0 fully saturated rings. The molecule has 1 atom stereocenters. The standard InChI is InChI=1S/C10H16N2OS/c1-4-14-6-10-11-5-9(8(3)13)7(2)12-10/h5,8,13H,4,6H2,1-3H3/t8-/m0/s1. The molecular formula is C10H16N2OS. The minimum atomic E-state index is -0.483. The highest BCUT2D eigenvalue weighted by Gasteiger charge is 2.07. The van der Waals surface area contributed by atoms with E-state index in [9.17, 15) is 5.11 Å². The molecule has 0 aliphatic carbocycles. The van der Waals surface area contributed by atoms with Crippen molar-refractivity contribution >= 4 is 11.8 Å². The Bertz CT molecular complexity index is 302. The zero-order valence-corrected chi connectivity index (χ0v) is 9.64. The lowest BCUT2D eigenvalue weighted by atomic mass is 10.1. The van der Waals surface area contributed by atoms with Crippen LogP contribution in [0.3, 0.4) is 0 Å². The third-order valence-electron chi connectivity index (χ3n) is 1.95. The predicted octanol–water partition coefficient (Wildman–Crippen LogP) is 2.09. The summed E-state index contributed by atoms with van der Waals surface area (Å²) in [6.07, 6.45) is 1.24. The van der Waals surface area contributed by atoms with Gasteiger partial charge in [0.15, 0.2) is 0 Å². The molecule has 1 aromatic heterocycles. The lowest BCUT2D eigenvalue weighted by molar-refractivity contribution is 0.197. The molecular weight excluding hydrogens is 196 g/mol. The molecule has 0 aliphatic rings. The van der Waals surface area contributed by atoms with E-state index in [2.05, 4.69) is 16.9 Å². The van der Waals surface area contributed by atoms with E-state index in [-0.39, 0.29) is 0 Å². The van der Waals surface area contributed by atoms with E-state index in [0.717, 1.165) is 28.6 Å². The fourth-order valence-electron chi connectivity index (χ4n) is 1.20. The maximum Gasteiger partial charge on any atom is 0.138 e. The van der Waals surface area contributed by atoms with E-state index in [1.54, 1.807) is 24.9 Å². The molecule has 0 spiro atoms. The fraction of sp³-hybridized carbons (Fsp3) is 0.600. The number of aliphatic hydroxyl groups is 1. The first-order chi connectivity index (χ1) is 6.65. The lowest BCUT2D eigenvalue weighted by Crippen LogP contribution is -2.02. The van der Waals surface area contributed by atoms with Crippen molar-refractivity contribution in [1.29, 1.82) is 0 Å². The number of aliphatic hydroxyl groups excluding tert-OH is 1. The van der Waals surface area contributed by atoms with Gasteiger partial charge in [0.1, 0.15) is 5.82 Å². The van der Waals surface area contributed by atoms with E-state index in [0.29, 0.717) is 0 Å². The Morgan fingerprint density at radius 2 is 2.29 bits per heavy atom. The van der Waals surface area contributed by atoms with Crippen LogP contribution in [0, 0.1) is 6.92 Å². The first-order valence-electron chi connectivity index (χ1n) is 4.73. The third-order valence-corrected chi connectivity index (χ3v) is 2.82. The van der Waals surface area contributed by atoms with Gasteiger partial charge in [-0.3, -0.25) is 0 Å². The van der Waals surface area contributed by atoms with Crippen LogP contribution in [0.2, 0.25) is 0 Å². The van der Waals surface area contributed by atoms with E-state index in [1.807, 2.05) is 6.92 Å². The summed E-state index contributed by atoms with van der Waals surface area (Å²) in [7, 11) is 0. The summed E-state index contributed by atoms with van der Waals surface area (Å²) < 4.78 is 0. The summed E-state index contributed by atoms with van der Waals surface area (Å²) in [5, 5.41) is 9.39. The van der Waals surface area contributed by atoms with Crippen molar-refractivity contribution in [2.45, 2.75) is 32.6 Å². The Morgan fingerprint density at radius 3 is 2.79 bits per heavy atom. The first kappa shape index (κ1) is 11.5. The number of aryl methyl sites for hydroxylation is 1. The minimum absolute atomic E-state index is 0.483. The highest BCUT2D eigenvalue weighted by atomic mass is 32.2. The van der Waals surface area contributed by atoms with E-state index >= 15 is 0 Å². The molecule has 1 rings (SSSR count). The summed E-state index contributed by atoms with van der Waals surface area (Å²) >= 11 is 1.80. The van der Waals surface area contributed by atoms with Crippen molar-refractivity contribution in [2.75, 3.05) is 5.75 Å². The number of hydrogen-bond donors (Lipinski definition) is 1. The number of aromatic nitrogens is 2. The van der Waals surface area contributed by atoms with Gasteiger partial charge in [0.05, 0.1) is 11.9 Å². The van der Waals surface area contributed by atoms with Gasteiger partial charge in [-0.2, -0.15) is 11.8 Å². The van der Waals surface area contributed by atoms with Crippen LogP contribution >= 0.6 is 11.8 Å². The van der Waals surface area contributed by atoms with Crippen LogP contribution in [-0.4, -0.2) is 20.8 Å². The normalized spacial score (nSPS) is 12.9. The van der Waals surface area contributed by atoms with Gasteiger partial charge in [-0.1, -0.05) is 6.92 Å². The number of hydrogen-bond acceptors (Lipinski definition) is 4. The van der Waals surface area contributed by atoms with Crippen molar-refractivity contribution in [2.24, 2.45) is 0 Å². The van der Waals surface area contributed by atoms with Crippen LogP contribution in [0.1, 0.15) is 37.0 Å². The maximum atomic E-state index is 9.39. The summed E-state index contributed by atoms with van der Waals surface area (Å²) in [5.74, 6) is 2.76. The smallest absolute Gasteiger partial charge is 0.138 e. The highest BCUT2D eigenvalue weighted by molar-refractivity contribution is 7.98. The van der Waals surface area contributed by atoms with Crippen LogP contribution < -0.4 is 0 Å². The first-order valence-corrected chi connectivity index (χ1v) is 5.88. The van der Waals surface area contributed by atoms with Crippen LogP contribution in [0.4, 0.5) is 0 Å². The molecule has 0 saturated heterocycles. The molecule has 4 heteroatoms. The van der Waals surface area contributed by atoms with Gasteiger partial charge in [-0.05, 0) is 19.6 Å². The number of thioether (sulfide) groups is 1. The fourth-order valence-corrected chi connectivity index (χ4v) is 1.72. The summed E-state index contributed by atoms with van der Waals surface area (Å²) in [4.78, 5) is 8.55. The van der Waals surface area contributed by atoms with Crippen molar-refractivity contribution in [3.05, 3.63) is 23.3 Å². The second-order valence-corrected chi connectivity index (χ2v) is 4.41. The SMILES string of the molecule is CCSCc1ncc([C@H](C)O)c(C)n1. The Balaban J connectivity index is 2.78. The van der Waals surface area contributed by atoms with Gasteiger partial charge < -0.3 is 5.11 Å². The zero-order chi connectivity index (χ0) is 10.6. The molecule has 0 bridgehead atoms. The summed E-state index contributed by atoms with van der Waals surface area (Å²) in [6.45, 7) is 5.75. The molecule has 1 aromatic rings. The topological polar surface area (TPSA) is 46.0 Å². The molecule has 0 aliphatic heterocycles. The molecule has 78 valence electrons. The molecule has 0 amide bonds. The summed E-state index contributed by atoms with van der Waals surface area (Å²) in [5.41, 5.74) is 1.69. The van der Waals surface area contributed by atoms with E-state index in [1.165, 1.54) is 0 Å². The van der Waals surface area contributed by atoms with Gasteiger partial charge in [0, 0.05) is 17.5 Å². The predicted molar refractivity (Wildman–Crippen MR) is 59.2 cm³/mol. The second-order valence-electron chi connectivity index (χ2n) is 3.14. The maximum absolute atomic E-state index is 9.39. The average Bonchev–Trinajstić information content (AvgIpc) is 2.14. The van der Waals surface area contributed by atoms with E-state index in [4.69, 9.17) is 0 Å². The van der Waals surface area contributed by atoms with E-state index < -0.39 is 6.10 Å². The van der Waals surface area contributed by atoms with Gasteiger partial charge >= 0.3 is 0 Å². The largest absolute Gasteiger partial charge is 0.389 e. The Kier molecular flexibility index (Phi) is 4.35. The van der Waals surface area contributed by atoms with Gasteiger partial charge in [0.25, 0.3) is 0 Å². The van der Waals surface area contributed by atoms with Crippen molar-refractivity contribution in [1.82, 2.24) is 9.97 Å². The van der Waals surface area contributed by atoms with Gasteiger partial charge in [-0.15, -0.1) is 0 Å². The van der Waals surface area contributed by atoms with Gasteiger partial charge in [-0.25, -0.2) is 9.97 Å². The molecule has 14 heavy (non-hydrogen) atoms. The van der Waals surface area contributed by atoms with Crippen molar-refractivity contribution < 1.29 is 5.11 Å². The molecule has 0 unspecified atom stereocenters. The van der Waals surface area contributed by atoms with Gasteiger partial charge in [0.2, 0.25) is 0 Å². The monoisotopic (exact) mass is 212 g/mol. The van der Waals surface area contributed by atoms with Crippen LogP contribution in [-0.2, 0) is 5.75 Å². The molecule has 1 N–H and O–H groups in total. The zero-order valence-electron chi connectivity index (χ0n) is 8.82. The quantitative estimate of drug-likeness (QED) is 0.830. The minimum Gasteiger partial charge on any atom is -0.389 e. The Morgan fingerprint density at radius 1 is 1.57 bits per heavy atom. The van der Waals surface area contributed by atoms with Crippen molar-refractivity contribution in [3.63, 3.8) is 0 Å². The molecule has 1 heterocycles. The van der Waals surface area contributed by atoms with Crippen LogP contribution in [0.25, 0.3) is 0 Å². The molecule has 0 aromatic carbocycles. The number of nitrogens with zero attached hydrogens (tertiary/aromatic N) is 2. The Hall–Kier alpha value is -0.610. The Labute approximate surface area is 89.0 Å². The van der Waals surface area contributed by atoms with Crippen molar-refractivity contribution in [3.8, 4) is 0 Å².